The number of hydrogen-bond acceptors (Lipinski definition) is 5. The van der Waals surface area contributed by atoms with E-state index in [0.717, 1.165) is 38.5 Å². The van der Waals surface area contributed by atoms with Crippen molar-refractivity contribution in [3.8, 4) is 0 Å². The Hall–Kier alpha value is -0.840. The van der Waals surface area contributed by atoms with Crippen molar-refractivity contribution < 1.29 is 9.59 Å². The van der Waals surface area contributed by atoms with E-state index in [2.05, 4.69) is 13.8 Å². The summed E-state index contributed by atoms with van der Waals surface area (Å²) >= 11 is 1.71. The third kappa shape index (κ3) is 1.84. The molecule has 0 aromatic carbocycles. The van der Waals surface area contributed by atoms with Gasteiger partial charge in [0.15, 0.2) is 5.17 Å². The van der Waals surface area contributed by atoms with Gasteiger partial charge in [0.05, 0.1) is 5.54 Å². The number of hydrogen-bond donors (Lipinski definition) is 1. The molecule has 136 valence electrons. The molecule has 1 aliphatic heterocycles. The lowest BCUT2D eigenvalue weighted by atomic mass is 9.42. The summed E-state index contributed by atoms with van der Waals surface area (Å²) in [5.41, 5.74) is 5.86. The molecule has 4 nitrogen and oxygen atoms in total. The monoisotopic (exact) mass is 360 g/mol. The van der Waals surface area contributed by atoms with Crippen LogP contribution in [0.4, 0.5) is 0 Å². The van der Waals surface area contributed by atoms with Gasteiger partial charge in [-0.3, -0.25) is 14.6 Å². The predicted molar refractivity (Wildman–Crippen MR) is 99.4 cm³/mol. The number of ketones is 2. The molecule has 0 saturated heterocycles. The van der Waals surface area contributed by atoms with Crippen LogP contribution in [0.3, 0.4) is 0 Å². The van der Waals surface area contributed by atoms with Gasteiger partial charge in [-0.25, -0.2) is 0 Å². The van der Waals surface area contributed by atoms with E-state index < -0.39 is 0 Å². The molecular formula is C20H28N2O2S. The van der Waals surface area contributed by atoms with E-state index in [1.807, 2.05) is 0 Å². The van der Waals surface area contributed by atoms with Crippen molar-refractivity contribution in [2.45, 2.75) is 76.0 Å². The molecule has 25 heavy (non-hydrogen) atoms. The van der Waals surface area contributed by atoms with Crippen molar-refractivity contribution in [2.75, 3.05) is 0 Å². The fraction of sp³-hybridized carbons (Fsp3) is 0.850. The predicted octanol–water partition coefficient (Wildman–Crippen LogP) is 3.33. The van der Waals surface area contributed by atoms with Gasteiger partial charge in [-0.2, -0.15) is 0 Å². The van der Waals surface area contributed by atoms with Crippen LogP contribution >= 0.6 is 11.8 Å². The first kappa shape index (κ1) is 16.3. The molecule has 4 aliphatic carbocycles. The van der Waals surface area contributed by atoms with Gasteiger partial charge in [0.2, 0.25) is 0 Å². The van der Waals surface area contributed by atoms with E-state index in [0.29, 0.717) is 52.6 Å². The fourth-order valence-electron chi connectivity index (χ4n) is 7.57. The van der Waals surface area contributed by atoms with Crippen molar-refractivity contribution in [3.05, 3.63) is 0 Å². The number of amidine groups is 1. The topological polar surface area (TPSA) is 72.5 Å². The standard InChI is InChI=1S/C20H28N2O2S/c1-18-7-6-14-12(13(18)3-4-15(18)24)9-16-20(22-17(21)25-16)10-11(23)5-8-19(14,20)2/h12-14,16H,3-10H2,1-2H3,(H2,21,22)/t12-,13-,14-,16-,18-,19+,20-/m0/s1. The Bertz CT molecular complexity index is 706. The van der Waals surface area contributed by atoms with Crippen LogP contribution in [0, 0.1) is 28.6 Å². The third-order valence-electron chi connectivity index (χ3n) is 8.93. The quantitative estimate of drug-likeness (QED) is 0.719. The number of thioether (sulfide) groups is 1. The van der Waals surface area contributed by atoms with E-state index in [1.165, 1.54) is 0 Å². The maximum atomic E-state index is 12.6. The Balaban J connectivity index is 1.60. The van der Waals surface area contributed by atoms with E-state index in [-0.39, 0.29) is 16.4 Å². The van der Waals surface area contributed by atoms with Gasteiger partial charge >= 0.3 is 0 Å². The van der Waals surface area contributed by atoms with Gasteiger partial charge in [0.1, 0.15) is 11.6 Å². The van der Waals surface area contributed by atoms with Crippen LogP contribution in [0.5, 0.6) is 0 Å². The number of rotatable bonds is 0. The Labute approximate surface area is 153 Å². The van der Waals surface area contributed by atoms with E-state index in [4.69, 9.17) is 10.7 Å². The van der Waals surface area contributed by atoms with Gasteiger partial charge < -0.3 is 5.73 Å². The average Bonchev–Trinajstić information content (AvgIpc) is 3.03. The largest absolute Gasteiger partial charge is 0.379 e. The summed E-state index contributed by atoms with van der Waals surface area (Å²) in [4.78, 5) is 29.9. The number of aliphatic imine (C=N–C) groups is 1. The summed E-state index contributed by atoms with van der Waals surface area (Å²) in [7, 11) is 0. The van der Waals surface area contributed by atoms with Crippen LogP contribution in [0.2, 0.25) is 0 Å². The SMILES string of the molecule is C[C@]12CC[C@H]3[C@@H](C[C@@H]4SC(N)=N[C@@]45CC(=O)CC[C@]35C)[C@@H]1CCC2=O. The number of carbonyl (C=O) groups is 2. The summed E-state index contributed by atoms with van der Waals surface area (Å²) in [5, 5.41) is 0.996. The van der Waals surface area contributed by atoms with Gasteiger partial charge in [-0.15, -0.1) is 0 Å². The summed E-state index contributed by atoms with van der Waals surface area (Å²) in [6.45, 7) is 4.62. The fourth-order valence-corrected chi connectivity index (χ4v) is 8.99. The molecule has 4 saturated carbocycles. The first-order chi connectivity index (χ1) is 11.8. The molecule has 1 spiro atoms. The average molecular weight is 361 g/mol. The second-order valence-electron chi connectivity index (χ2n) is 9.64. The van der Waals surface area contributed by atoms with E-state index >= 15 is 0 Å². The summed E-state index contributed by atoms with van der Waals surface area (Å²) in [5.74, 6) is 2.54. The summed E-state index contributed by atoms with van der Waals surface area (Å²) < 4.78 is 0. The highest BCUT2D eigenvalue weighted by molar-refractivity contribution is 8.14. The second-order valence-corrected chi connectivity index (χ2v) is 10.9. The smallest absolute Gasteiger partial charge is 0.154 e. The van der Waals surface area contributed by atoms with Crippen LogP contribution in [0.15, 0.2) is 4.99 Å². The molecule has 0 aromatic heterocycles. The van der Waals surface area contributed by atoms with Crippen molar-refractivity contribution in [1.82, 2.24) is 0 Å². The molecule has 0 bridgehead atoms. The Kier molecular flexibility index (Phi) is 3.21. The van der Waals surface area contributed by atoms with E-state index in [1.54, 1.807) is 11.8 Å². The molecule has 0 amide bonds. The highest BCUT2D eigenvalue weighted by Gasteiger charge is 2.69. The molecule has 5 heteroatoms. The summed E-state index contributed by atoms with van der Waals surface area (Å²) in [6.07, 6.45) is 7.25. The van der Waals surface area contributed by atoms with Crippen LogP contribution in [0.25, 0.3) is 0 Å². The second kappa shape index (κ2) is 4.90. The molecule has 2 N–H and O–H groups in total. The molecule has 1 heterocycles. The van der Waals surface area contributed by atoms with Crippen LogP contribution in [0.1, 0.15) is 65.2 Å². The molecule has 4 fully saturated rings. The number of nitrogens with two attached hydrogens (primary N) is 1. The summed E-state index contributed by atoms with van der Waals surface area (Å²) in [6, 6.07) is 0. The van der Waals surface area contributed by atoms with Crippen LogP contribution in [-0.2, 0) is 9.59 Å². The lowest BCUT2D eigenvalue weighted by Crippen LogP contribution is -2.65. The maximum Gasteiger partial charge on any atom is 0.154 e. The van der Waals surface area contributed by atoms with E-state index in [9.17, 15) is 9.59 Å². The molecule has 5 rings (SSSR count). The van der Waals surface area contributed by atoms with Gasteiger partial charge in [0.25, 0.3) is 0 Å². The van der Waals surface area contributed by atoms with Crippen LogP contribution < -0.4 is 5.73 Å². The zero-order chi connectivity index (χ0) is 17.6. The minimum atomic E-state index is -0.283. The maximum absolute atomic E-state index is 12.6. The molecule has 0 unspecified atom stereocenters. The van der Waals surface area contributed by atoms with Crippen molar-refractivity contribution in [1.29, 1.82) is 0 Å². The molecule has 0 aromatic rings. The Morgan fingerprint density at radius 1 is 1.12 bits per heavy atom. The molecule has 7 atom stereocenters. The van der Waals surface area contributed by atoms with Crippen molar-refractivity contribution in [2.24, 2.45) is 39.3 Å². The lowest BCUT2D eigenvalue weighted by Gasteiger charge is -2.63. The Morgan fingerprint density at radius 2 is 1.92 bits per heavy atom. The first-order valence-electron chi connectivity index (χ1n) is 9.87. The minimum Gasteiger partial charge on any atom is -0.379 e. The van der Waals surface area contributed by atoms with Gasteiger partial charge in [-0.05, 0) is 55.3 Å². The molecule has 0 radical (unpaired) electrons. The van der Waals surface area contributed by atoms with Gasteiger partial charge in [-0.1, -0.05) is 25.6 Å². The van der Waals surface area contributed by atoms with Crippen molar-refractivity contribution in [3.63, 3.8) is 0 Å². The normalized spacial score (nSPS) is 54.4. The zero-order valence-electron chi connectivity index (χ0n) is 15.2. The molecule has 5 aliphatic rings. The minimum absolute atomic E-state index is 0.0512. The van der Waals surface area contributed by atoms with Crippen molar-refractivity contribution >= 4 is 28.5 Å². The number of carbonyl (C=O) groups excluding carboxylic acids is 2. The lowest BCUT2D eigenvalue weighted by molar-refractivity contribution is -0.146. The number of fused-ring (bicyclic) bond motifs is 4. The highest BCUT2D eigenvalue weighted by atomic mass is 32.2. The third-order valence-corrected chi connectivity index (χ3v) is 10.1. The Morgan fingerprint density at radius 3 is 2.72 bits per heavy atom. The molecular weight excluding hydrogens is 332 g/mol. The zero-order valence-corrected chi connectivity index (χ0v) is 16.0. The highest BCUT2D eigenvalue weighted by Crippen LogP contribution is 2.69. The van der Waals surface area contributed by atoms with Crippen LogP contribution in [-0.4, -0.2) is 27.5 Å². The first-order valence-corrected chi connectivity index (χ1v) is 10.8. The van der Waals surface area contributed by atoms with Gasteiger partial charge in [0, 0.05) is 29.9 Å². The number of nitrogens with zero attached hydrogens (tertiary/aromatic N) is 1. The number of Topliss-reactive ketones (excluding diaryl/α,β-unsaturated/α-hetero) is 2.